The van der Waals surface area contributed by atoms with Crippen LogP contribution in [0.2, 0.25) is 0 Å². The number of hydrogen-bond donors (Lipinski definition) is 1. The number of imidazole rings is 1. The Hall–Kier alpha value is -1.91. The van der Waals surface area contributed by atoms with E-state index in [2.05, 4.69) is 27.2 Å². The molecule has 84 valence electrons. The number of anilines is 1. The Bertz CT molecular complexity index is 467. The van der Waals surface area contributed by atoms with Gasteiger partial charge in [0.2, 0.25) is 0 Å². The van der Waals surface area contributed by atoms with Gasteiger partial charge in [0, 0.05) is 25.9 Å². The second kappa shape index (κ2) is 4.30. The van der Waals surface area contributed by atoms with Gasteiger partial charge < -0.3 is 9.88 Å². The number of rotatable bonds is 3. The largest absolute Gasteiger partial charge is 0.373 e. The SMILES string of the molecule is CCc1cc(NC)nc(-c2cncn2C)n1. The molecule has 0 aliphatic carbocycles. The molecule has 2 aromatic heterocycles. The molecule has 0 atom stereocenters. The molecule has 0 aliphatic rings. The van der Waals surface area contributed by atoms with Gasteiger partial charge in [-0.3, -0.25) is 0 Å². The zero-order chi connectivity index (χ0) is 11.5. The summed E-state index contributed by atoms with van der Waals surface area (Å²) >= 11 is 0. The summed E-state index contributed by atoms with van der Waals surface area (Å²) in [5.41, 5.74) is 1.95. The van der Waals surface area contributed by atoms with E-state index in [0.717, 1.165) is 23.6 Å². The van der Waals surface area contributed by atoms with Crippen molar-refractivity contribution in [2.75, 3.05) is 12.4 Å². The van der Waals surface area contributed by atoms with Crippen LogP contribution in [0.1, 0.15) is 12.6 Å². The van der Waals surface area contributed by atoms with Crippen LogP contribution in [0.15, 0.2) is 18.6 Å². The molecule has 0 bridgehead atoms. The zero-order valence-corrected chi connectivity index (χ0v) is 9.73. The maximum absolute atomic E-state index is 4.49. The van der Waals surface area contributed by atoms with Gasteiger partial charge in [0.25, 0.3) is 0 Å². The maximum atomic E-state index is 4.49. The molecule has 0 unspecified atom stereocenters. The smallest absolute Gasteiger partial charge is 0.180 e. The highest BCUT2D eigenvalue weighted by molar-refractivity contribution is 5.52. The van der Waals surface area contributed by atoms with Crippen molar-refractivity contribution in [1.82, 2.24) is 19.5 Å². The fourth-order valence-electron chi connectivity index (χ4n) is 1.49. The predicted octanol–water partition coefficient (Wildman–Crippen LogP) is 1.48. The molecule has 2 heterocycles. The third-order valence-corrected chi connectivity index (χ3v) is 2.44. The van der Waals surface area contributed by atoms with E-state index in [4.69, 9.17) is 0 Å². The minimum Gasteiger partial charge on any atom is -0.373 e. The lowest BCUT2D eigenvalue weighted by Gasteiger charge is -2.06. The van der Waals surface area contributed by atoms with Crippen molar-refractivity contribution >= 4 is 5.82 Å². The predicted molar refractivity (Wildman–Crippen MR) is 63.2 cm³/mol. The molecule has 0 aliphatic heterocycles. The molecule has 0 spiro atoms. The van der Waals surface area contributed by atoms with Crippen LogP contribution in [-0.2, 0) is 13.5 Å². The van der Waals surface area contributed by atoms with Crippen molar-refractivity contribution < 1.29 is 0 Å². The lowest BCUT2D eigenvalue weighted by molar-refractivity contribution is 0.900. The highest BCUT2D eigenvalue weighted by Gasteiger charge is 2.08. The molecule has 2 aromatic rings. The average molecular weight is 217 g/mol. The summed E-state index contributed by atoms with van der Waals surface area (Å²) in [6, 6.07) is 1.96. The Morgan fingerprint density at radius 3 is 2.75 bits per heavy atom. The number of nitrogens with one attached hydrogen (secondary N) is 1. The molecule has 5 heteroatoms. The van der Waals surface area contributed by atoms with E-state index in [1.165, 1.54) is 0 Å². The van der Waals surface area contributed by atoms with E-state index in [1.807, 2.05) is 24.7 Å². The second-order valence-electron chi connectivity index (χ2n) is 3.56. The molecule has 0 saturated carbocycles. The molecule has 16 heavy (non-hydrogen) atoms. The van der Waals surface area contributed by atoms with Crippen molar-refractivity contribution in [3.05, 3.63) is 24.3 Å². The van der Waals surface area contributed by atoms with Gasteiger partial charge in [0.15, 0.2) is 5.82 Å². The Labute approximate surface area is 94.6 Å². The first-order chi connectivity index (χ1) is 7.74. The summed E-state index contributed by atoms with van der Waals surface area (Å²) in [6.07, 6.45) is 4.41. The summed E-state index contributed by atoms with van der Waals surface area (Å²) in [4.78, 5) is 13.0. The first-order valence-corrected chi connectivity index (χ1v) is 5.27. The van der Waals surface area contributed by atoms with Gasteiger partial charge in [-0.25, -0.2) is 15.0 Å². The Morgan fingerprint density at radius 2 is 2.19 bits per heavy atom. The van der Waals surface area contributed by atoms with E-state index >= 15 is 0 Å². The van der Waals surface area contributed by atoms with Crippen molar-refractivity contribution in [3.63, 3.8) is 0 Å². The summed E-state index contributed by atoms with van der Waals surface area (Å²) in [5.74, 6) is 1.55. The fraction of sp³-hybridized carbons (Fsp3) is 0.364. The summed E-state index contributed by atoms with van der Waals surface area (Å²) < 4.78 is 1.91. The molecule has 0 radical (unpaired) electrons. The minimum atomic E-state index is 0.712. The number of nitrogens with zero attached hydrogens (tertiary/aromatic N) is 4. The Kier molecular flexibility index (Phi) is 2.85. The summed E-state index contributed by atoms with van der Waals surface area (Å²) in [5, 5.41) is 3.04. The quantitative estimate of drug-likeness (QED) is 0.846. The fourth-order valence-corrected chi connectivity index (χ4v) is 1.49. The molecular formula is C11H15N5. The Morgan fingerprint density at radius 1 is 1.38 bits per heavy atom. The molecule has 0 amide bonds. The molecular weight excluding hydrogens is 202 g/mol. The number of hydrogen-bond acceptors (Lipinski definition) is 4. The minimum absolute atomic E-state index is 0.712. The lowest BCUT2D eigenvalue weighted by atomic mass is 10.3. The maximum Gasteiger partial charge on any atom is 0.180 e. The standard InChI is InChI=1S/C11H15N5/c1-4-8-5-10(12-2)15-11(14-8)9-6-13-7-16(9)3/h5-7H,4H2,1-3H3,(H,12,14,15). The van der Waals surface area contributed by atoms with Crippen LogP contribution >= 0.6 is 0 Å². The highest BCUT2D eigenvalue weighted by Crippen LogP contribution is 2.16. The topological polar surface area (TPSA) is 55.6 Å². The summed E-state index contributed by atoms with van der Waals surface area (Å²) in [7, 11) is 3.79. The third kappa shape index (κ3) is 1.88. The van der Waals surface area contributed by atoms with E-state index in [1.54, 1.807) is 12.5 Å². The van der Waals surface area contributed by atoms with E-state index in [0.29, 0.717) is 5.82 Å². The van der Waals surface area contributed by atoms with E-state index < -0.39 is 0 Å². The second-order valence-corrected chi connectivity index (χ2v) is 3.56. The third-order valence-electron chi connectivity index (χ3n) is 2.44. The van der Waals surface area contributed by atoms with Gasteiger partial charge in [-0.2, -0.15) is 0 Å². The first-order valence-electron chi connectivity index (χ1n) is 5.27. The van der Waals surface area contributed by atoms with Gasteiger partial charge in [-0.15, -0.1) is 0 Å². The monoisotopic (exact) mass is 217 g/mol. The van der Waals surface area contributed by atoms with Crippen LogP contribution in [0.4, 0.5) is 5.82 Å². The van der Waals surface area contributed by atoms with Gasteiger partial charge in [0.1, 0.15) is 11.5 Å². The summed E-state index contributed by atoms with van der Waals surface area (Å²) in [6.45, 7) is 2.08. The van der Waals surface area contributed by atoms with Gasteiger partial charge in [-0.1, -0.05) is 6.92 Å². The van der Waals surface area contributed by atoms with E-state index in [-0.39, 0.29) is 0 Å². The van der Waals surface area contributed by atoms with Gasteiger partial charge in [0.05, 0.1) is 12.5 Å². The van der Waals surface area contributed by atoms with Crippen LogP contribution in [0.25, 0.3) is 11.5 Å². The number of aryl methyl sites for hydroxylation is 2. The van der Waals surface area contributed by atoms with Crippen LogP contribution < -0.4 is 5.32 Å². The van der Waals surface area contributed by atoms with Crippen LogP contribution in [0.3, 0.4) is 0 Å². The molecule has 2 rings (SSSR count). The molecule has 0 fully saturated rings. The molecule has 5 nitrogen and oxygen atoms in total. The molecule has 0 aromatic carbocycles. The van der Waals surface area contributed by atoms with Crippen LogP contribution in [0, 0.1) is 0 Å². The van der Waals surface area contributed by atoms with Gasteiger partial charge in [-0.05, 0) is 6.42 Å². The number of aromatic nitrogens is 4. The van der Waals surface area contributed by atoms with Crippen molar-refractivity contribution in [1.29, 1.82) is 0 Å². The van der Waals surface area contributed by atoms with Crippen LogP contribution in [-0.4, -0.2) is 26.6 Å². The molecule has 0 saturated heterocycles. The first kappa shape index (κ1) is 10.6. The lowest BCUT2D eigenvalue weighted by Crippen LogP contribution is -2.02. The van der Waals surface area contributed by atoms with Crippen molar-refractivity contribution in [3.8, 4) is 11.5 Å². The normalized spacial score (nSPS) is 10.4. The highest BCUT2D eigenvalue weighted by atomic mass is 15.1. The van der Waals surface area contributed by atoms with Crippen LogP contribution in [0.5, 0.6) is 0 Å². The Balaban J connectivity index is 2.52. The van der Waals surface area contributed by atoms with E-state index in [9.17, 15) is 0 Å². The van der Waals surface area contributed by atoms with Gasteiger partial charge >= 0.3 is 0 Å². The van der Waals surface area contributed by atoms with Crippen molar-refractivity contribution in [2.24, 2.45) is 7.05 Å². The molecule has 1 N–H and O–H groups in total. The van der Waals surface area contributed by atoms with Crippen molar-refractivity contribution in [2.45, 2.75) is 13.3 Å². The average Bonchev–Trinajstić information content (AvgIpc) is 2.74. The zero-order valence-electron chi connectivity index (χ0n) is 9.73.